The molecule has 2 rings (SSSR count). The van der Waals surface area contributed by atoms with Crippen LogP contribution in [0.3, 0.4) is 0 Å². The van der Waals surface area contributed by atoms with Crippen LogP contribution in [-0.2, 0) is 4.79 Å². The zero-order valence-electron chi connectivity index (χ0n) is 13.0. The second-order valence-electron chi connectivity index (χ2n) is 5.45. The number of thioether (sulfide) groups is 1. The van der Waals surface area contributed by atoms with Crippen molar-refractivity contribution in [2.24, 2.45) is 0 Å². The number of allylic oxidation sites excluding steroid dienone is 1. The lowest BCUT2D eigenvalue weighted by molar-refractivity contribution is -0.122. The molecule has 4 heteroatoms. The smallest absolute Gasteiger partial charge is 0.345 e. The molecular weight excluding hydrogens is 294 g/mol. The largest absolute Gasteiger partial charge is 0.619 e. The molecule has 1 atom stereocenters. The van der Waals surface area contributed by atoms with Gasteiger partial charge in [-0.2, -0.15) is 0 Å². The van der Waals surface area contributed by atoms with Gasteiger partial charge in [0.05, 0.1) is 6.08 Å². The summed E-state index contributed by atoms with van der Waals surface area (Å²) in [6, 6.07) is 8.87. The summed E-state index contributed by atoms with van der Waals surface area (Å²) in [7, 11) is 0. The summed E-state index contributed by atoms with van der Waals surface area (Å²) in [6.45, 7) is 2.34. The van der Waals surface area contributed by atoms with Gasteiger partial charge in [-0.3, -0.25) is 4.65 Å². The highest BCUT2D eigenvalue weighted by Crippen LogP contribution is 2.28. The van der Waals surface area contributed by atoms with Crippen LogP contribution in [0.5, 0.6) is 0 Å². The van der Waals surface area contributed by atoms with Crippen molar-refractivity contribution in [2.75, 3.05) is 12.3 Å². The number of unbranched alkanes of at least 4 members (excludes halogenated alkanes) is 3. The normalized spacial score (nSPS) is 21.5. The minimum Gasteiger partial charge on any atom is -0.619 e. The van der Waals surface area contributed by atoms with Crippen molar-refractivity contribution < 1.29 is 4.79 Å². The van der Waals surface area contributed by atoms with E-state index < -0.39 is 10.6 Å². The van der Waals surface area contributed by atoms with E-state index in [9.17, 15) is 10.0 Å². The summed E-state index contributed by atoms with van der Waals surface area (Å²) >= 11 is 1.67. The highest BCUT2D eigenvalue weighted by molar-refractivity contribution is 8.03. The monoisotopic (exact) mass is 317 g/mol. The third kappa shape index (κ3) is 4.32. The molecule has 1 aliphatic heterocycles. The van der Waals surface area contributed by atoms with Crippen molar-refractivity contribution in [2.45, 2.75) is 32.6 Å². The summed E-state index contributed by atoms with van der Waals surface area (Å²) in [4.78, 5) is 13.3. The maximum Gasteiger partial charge on any atom is 0.345 e. The fraction of sp³-hybridized carbons (Fsp3) is 0.389. The Balaban J connectivity index is 2.02. The van der Waals surface area contributed by atoms with E-state index in [4.69, 9.17) is 0 Å². The van der Waals surface area contributed by atoms with Gasteiger partial charge in [0.15, 0.2) is 0 Å². The van der Waals surface area contributed by atoms with E-state index in [1.54, 1.807) is 36.0 Å². The van der Waals surface area contributed by atoms with Gasteiger partial charge in [0.1, 0.15) is 12.2 Å². The molecule has 1 aromatic carbocycles. The van der Waals surface area contributed by atoms with Crippen molar-refractivity contribution in [1.82, 2.24) is 4.65 Å². The van der Waals surface area contributed by atoms with Crippen LogP contribution in [0, 0.1) is 5.21 Å². The Kier molecular flexibility index (Phi) is 6.43. The standard InChI is InChI=1S/C18H23NO2S/c1-2-3-4-8-14-22-17-12-9-13-19(21,18(20)15-17)16-10-6-5-7-11-16/h5-7,9-12,15H,2-4,8,13-14H2,1H3. The van der Waals surface area contributed by atoms with Crippen molar-refractivity contribution in [1.29, 1.82) is 0 Å². The van der Waals surface area contributed by atoms with E-state index in [2.05, 4.69) is 6.92 Å². The SMILES string of the molecule is CCCCCCSC1=CC(=O)[N+]([O-])(c2ccccc2)CC=C1. The Morgan fingerprint density at radius 3 is 2.68 bits per heavy atom. The molecule has 0 saturated heterocycles. The minimum absolute atomic E-state index is 0.152. The second kappa shape index (κ2) is 8.32. The van der Waals surface area contributed by atoms with Gasteiger partial charge >= 0.3 is 5.91 Å². The third-order valence-electron chi connectivity index (χ3n) is 3.71. The number of hydrogen-bond donors (Lipinski definition) is 0. The molecule has 0 N–H and O–H groups in total. The summed E-state index contributed by atoms with van der Waals surface area (Å²) in [6.07, 6.45) is 10.1. The Morgan fingerprint density at radius 2 is 1.95 bits per heavy atom. The maximum absolute atomic E-state index is 12.9. The molecule has 118 valence electrons. The van der Waals surface area contributed by atoms with Crippen LogP contribution in [0.15, 0.2) is 53.5 Å². The van der Waals surface area contributed by atoms with E-state index in [1.165, 1.54) is 25.3 Å². The molecule has 1 unspecified atom stereocenters. The molecule has 1 heterocycles. The first-order valence-electron chi connectivity index (χ1n) is 7.87. The lowest BCUT2D eigenvalue weighted by Gasteiger charge is -2.36. The number of nitrogens with zero attached hydrogens (tertiary/aromatic N) is 1. The molecule has 0 fully saturated rings. The van der Waals surface area contributed by atoms with E-state index in [1.807, 2.05) is 18.2 Å². The number of carbonyl (C=O) groups excluding carboxylic acids is 1. The Morgan fingerprint density at radius 1 is 1.18 bits per heavy atom. The maximum atomic E-state index is 12.9. The first-order valence-corrected chi connectivity index (χ1v) is 8.85. The number of hydroxylamine groups is 2. The van der Waals surface area contributed by atoms with Gasteiger partial charge < -0.3 is 5.21 Å². The number of benzene rings is 1. The molecule has 1 aliphatic rings. The molecule has 0 spiro atoms. The van der Waals surface area contributed by atoms with E-state index in [-0.39, 0.29) is 6.54 Å². The average molecular weight is 317 g/mol. The van der Waals surface area contributed by atoms with Crippen LogP contribution in [0.1, 0.15) is 32.6 Å². The highest BCUT2D eigenvalue weighted by atomic mass is 32.2. The van der Waals surface area contributed by atoms with Crippen molar-refractivity contribution in [3.05, 3.63) is 58.7 Å². The van der Waals surface area contributed by atoms with Crippen LogP contribution >= 0.6 is 11.8 Å². The van der Waals surface area contributed by atoms with E-state index in [0.717, 1.165) is 17.1 Å². The first kappa shape index (κ1) is 17.0. The van der Waals surface area contributed by atoms with Gasteiger partial charge in [-0.15, -0.1) is 11.8 Å². The second-order valence-corrected chi connectivity index (χ2v) is 6.62. The average Bonchev–Trinajstić information content (AvgIpc) is 2.68. The molecule has 1 amide bonds. The van der Waals surface area contributed by atoms with Gasteiger partial charge in [-0.05, 0) is 36.5 Å². The molecule has 0 aromatic heterocycles. The lowest BCUT2D eigenvalue weighted by atomic mass is 10.2. The zero-order chi connectivity index (χ0) is 15.8. The van der Waals surface area contributed by atoms with Crippen LogP contribution in [0.4, 0.5) is 5.69 Å². The predicted octanol–water partition coefficient (Wildman–Crippen LogP) is 4.79. The molecule has 0 saturated carbocycles. The zero-order valence-corrected chi connectivity index (χ0v) is 13.8. The quantitative estimate of drug-likeness (QED) is 0.412. The van der Waals surface area contributed by atoms with Crippen LogP contribution in [0.25, 0.3) is 0 Å². The highest BCUT2D eigenvalue weighted by Gasteiger charge is 2.29. The van der Waals surface area contributed by atoms with Crippen LogP contribution in [-0.4, -0.2) is 18.2 Å². The number of amides is 1. The number of hydrogen-bond acceptors (Lipinski definition) is 3. The lowest BCUT2D eigenvalue weighted by Crippen LogP contribution is -2.47. The molecule has 3 nitrogen and oxygen atoms in total. The minimum atomic E-state index is -0.933. The first-order chi connectivity index (χ1) is 10.7. The number of para-hydroxylation sites is 1. The van der Waals surface area contributed by atoms with E-state index in [0.29, 0.717) is 5.69 Å². The van der Waals surface area contributed by atoms with Crippen LogP contribution < -0.4 is 4.65 Å². The molecule has 22 heavy (non-hydrogen) atoms. The molecule has 0 radical (unpaired) electrons. The molecule has 0 bridgehead atoms. The Hall–Kier alpha value is -1.36. The molecule has 0 aliphatic carbocycles. The number of carbonyl (C=O) groups is 1. The topological polar surface area (TPSA) is 40.1 Å². The van der Waals surface area contributed by atoms with Gasteiger partial charge in [0.2, 0.25) is 0 Å². The number of quaternary nitrogens is 1. The molecular formula is C18H23NO2S. The van der Waals surface area contributed by atoms with Gasteiger partial charge in [-0.1, -0.05) is 44.4 Å². The van der Waals surface area contributed by atoms with Crippen molar-refractivity contribution in [3.63, 3.8) is 0 Å². The summed E-state index contributed by atoms with van der Waals surface area (Å²) < 4.78 is -0.933. The Labute approximate surface area is 136 Å². The predicted molar refractivity (Wildman–Crippen MR) is 95.3 cm³/mol. The van der Waals surface area contributed by atoms with Gasteiger partial charge in [0.25, 0.3) is 0 Å². The van der Waals surface area contributed by atoms with E-state index >= 15 is 0 Å². The van der Waals surface area contributed by atoms with Crippen molar-refractivity contribution in [3.8, 4) is 0 Å². The fourth-order valence-electron chi connectivity index (χ4n) is 2.39. The third-order valence-corrected chi connectivity index (χ3v) is 4.79. The van der Waals surface area contributed by atoms with Gasteiger partial charge in [-0.25, -0.2) is 4.79 Å². The van der Waals surface area contributed by atoms with Crippen molar-refractivity contribution >= 4 is 23.4 Å². The number of rotatable bonds is 7. The Bertz CT molecular complexity index is 553. The van der Waals surface area contributed by atoms with Crippen LogP contribution in [0.2, 0.25) is 0 Å². The van der Waals surface area contributed by atoms with Gasteiger partial charge in [0, 0.05) is 4.91 Å². The summed E-state index contributed by atoms with van der Waals surface area (Å²) in [5.41, 5.74) is 0.489. The summed E-state index contributed by atoms with van der Waals surface area (Å²) in [5, 5.41) is 12.9. The fourth-order valence-corrected chi connectivity index (χ4v) is 3.35. The molecule has 1 aromatic rings. The summed E-state index contributed by atoms with van der Waals surface area (Å²) in [5.74, 6) is 0.598.